The van der Waals surface area contributed by atoms with Crippen LogP contribution in [0.5, 0.6) is 0 Å². The van der Waals surface area contributed by atoms with Crippen molar-refractivity contribution in [2.24, 2.45) is 0 Å². The molecular weight excluding hydrogens is 196 g/mol. The van der Waals surface area contributed by atoms with Gasteiger partial charge >= 0.3 is 0 Å². The molecule has 0 atom stereocenters. The molecule has 0 saturated carbocycles. The molecule has 0 aliphatic heterocycles. The largest absolute Gasteiger partial charge is 0.158 e. The van der Waals surface area contributed by atoms with E-state index in [9.17, 15) is 0 Å². The zero-order chi connectivity index (χ0) is 10.5. The van der Waals surface area contributed by atoms with E-state index in [4.69, 9.17) is 0 Å². The zero-order valence-corrected chi connectivity index (χ0v) is 8.44. The van der Waals surface area contributed by atoms with E-state index in [0.29, 0.717) is 0 Å². The normalized spacial score (nSPS) is 11.8. The third-order valence-electron chi connectivity index (χ3n) is 3.07. The molecule has 2 heteroatoms. The summed E-state index contributed by atoms with van der Waals surface area (Å²) in [7, 11) is 0. The summed E-state index contributed by atoms with van der Waals surface area (Å²) in [6.45, 7) is 0. The van der Waals surface area contributed by atoms with Gasteiger partial charge in [-0.25, -0.2) is 0 Å². The lowest BCUT2D eigenvalue weighted by atomic mass is 9.98. The number of hydrogen-bond acceptors (Lipinski definition) is 2. The van der Waals surface area contributed by atoms with E-state index in [2.05, 4.69) is 40.5 Å². The maximum Gasteiger partial charge on any atom is 0.0942 e. The Labute approximate surface area is 91.9 Å². The summed E-state index contributed by atoms with van der Waals surface area (Å²) in [4.78, 5) is 0. The molecule has 0 aliphatic rings. The van der Waals surface area contributed by atoms with E-state index >= 15 is 0 Å². The van der Waals surface area contributed by atoms with Crippen LogP contribution in [0.2, 0.25) is 0 Å². The molecule has 73 valence electrons. The summed E-state index contributed by atoms with van der Waals surface area (Å²) >= 11 is 0. The third-order valence-corrected chi connectivity index (χ3v) is 3.07. The first-order valence-corrected chi connectivity index (χ1v) is 5.20. The molecule has 0 unspecified atom stereocenters. The van der Waals surface area contributed by atoms with Crippen LogP contribution in [0.25, 0.3) is 32.4 Å². The predicted octanol–water partition coefficient (Wildman–Crippen LogP) is 3.17. The van der Waals surface area contributed by atoms with Crippen molar-refractivity contribution in [3.8, 4) is 0 Å². The summed E-state index contributed by atoms with van der Waals surface area (Å²) in [5.41, 5.74) is 0.954. The Morgan fingerprint density at radius 2 is 1.81 bits per heavy atom. The first-order valence-electron chi connectivity index (χ1n) is 5.20. The SMILES string of the molecule is [c]1ccc2ccc3cnnc4ccc1c2c34. The number of aromatic nitrogens is 2. The lowest BCUT2D eigenvalue weighted by molar-refractivity contribution is 1.09. The maximum absolute atomic E-state index is 4.17. The highest BCUT2D eigenvalue weighted by molar-refractivity contribution is 6.21. The highest BCUT2D eigenvalue weighted by Gasteiger charge is 2.07. The average molecular weight is 203 g/mol. The van der Waals surface area contributed by atoms with Crippen LogP contribution >= 0.6 is 0 Å². The van der Waals surface area contributed by atoms with E-state index in [1.165, 1.54) is 16.2 Å². The highest BCUT2D eigenvalue weighted by Crippen LogP contribution is 2.32. The average Bonchev–Trinajstić information content (AvgIpc) is 2.36. The van der Waals surface area contributed by atoms with E-state index in [1.54, 1.807) is 0 Å². The van der Waals surface area contributed by atoms with Gasteiger partial charge in [0.25, 0.3) is 0 Å². The van der Waals surface area contributed by atoms with E-state index in [0.717, 1.165) is 16.3 Å². The summed E-state index contributed by atoms with van der Waals surface area (Å²) in [6.07, 6.45) is 1.81. The van der Waals surface area contributed by atoms with Gasteiger partial charge in [0.1, 0.15) is 0 Å². The standard InChI is InChI=1S/C14H7N2/c1-2-9-4-5-11-8-15-16-12-7-6-10(3-1)13(9)14(11)12/h1-2,4-8H. The Morgan fingerprint density at radius 3 is 2.81 bits per heavy atom. The first-order chi connectivity index (χ1) is 7.93. The molecule has 0 bridgehead atoms. The van der Waals surface area contributed by atoms with E-state index < -0.39 is 0 Å². The van der Waals surface area contributed by atoms with Gasteiger partial charge in [-0.1, -0.05) is 30.3 Å². The predicted molar refractivity (Wildman–Crippen MR) is 64.6 cm³/mol. The number of hydrogen-bond donors (Lipinski definition) is 0. The molecule has 1 heterocycles. The molecule has 4 aromatic rings. The number of nitrogens with zero attached hydrogens (tertiary/aromatic N) is 2. The lowest BCUT2D eigenvalue weighted by Gasteiger charge is -2.07. The van der Waals surface area contributed by atoms with Crippen LogP contribution in [0.1, 0.15) is 0 Å². The minimum absolute atomic E-state index is 0.954. The van der Waals surface area contributed by atoms with Crippen LogP contribution in [0.3, 0.4) is 0 Å². The second-order valence-corrected chi connectivity index (χ2v) is 3.95. The smallest absolute Gasteiger partial charge is 0.0942 e. The molecule has 1 radical (unpaired) electrons. The van der Waals surface area contributed by atoms with Crippen LogP contribution in [-0.4, -0.2) is 10.2 Å². The van der Waals surface area contributed by atoms with Crippen LogP contribution in [-0.2, 0) is 0 Å². The second kappa shape index (κ2) is 2.67. The minimum atomic E-state index is 0.954. The monoisotopic (exact) mass is 203 g/mol. The van der Waals surface area contributed by atoms with Crippen LogP contribution < -0.4 is 0 Å². The fourth-order valence-corrected chi connectivity index (χ4v) is 2.35. The van der Waals surface area contributed by atoms with Crippen molar-refractivity contribution in [1.29, 1.82) is 0 Å². The van der Waals surface area contributed by atoms with Crippen molar-refractivity contribution in [2.75, 3.05) is 0 Å². The van der Waals surface area contributed by atoms with E-state index in [1.807, 2.05) is 18.3 Å². The summed E-state index contributed by atoms with van der Waals surface area (Å²) in [5, 5.41) is 14.1. The quantitative estimate of drug-likeness (QED) is 0.410. The molecular formula is C14H7N2. The van der Waals surface area contributed by atoms with Gasteiger partial charge in [-0.05, 0) is 28.3 Å². The van der Waals surface area contributed by atoms with Crippen molar-refractivity contribution in [2.45, 2.75) is 0 Å². The highest BCUT2D eigenvalue weighted by atomic mass is 15.1. The molecule has 0 spiro atoms. The molecule has 0 fully saturated rings. The van der Waals surface area contributed by atoms with Gasteiger partial charge in [0.15, 0.2) is 0 Å². The molecule has 0 aliphatic carbocycles. The number of benzene rings is 3. The van der Waals surface area contributed by atoms with Crippen molar-refractivity contribution >= 4 is 32.4 Å². The van der Waals surface area contributed by atoms with Gasteiger partial charge in [0, 0.05) is 10.8 Å². The molecule has 1 aromatic heterocycles. The van der Waals surface area contributed by atoms with Crippen LogP contribution in [0, 0.1) is 6.07 Å². The fourth-order valence-electron chi connectivity index (χ4n) is 2.35. The van der Waals surface area contributed by atoms with Gasteiger partial charge < -0.3 is 0 Å². The molecule has 3 aromatic carbocycles. The summed E-state index contributed by atoms with van der Waals surface area (Å²) in [5.74, 6) is 0. The van der Waals surface area contributed by atoms with Crippen molar-refractivity contribution in [3.05, 3.63) is 48.7 Å². The molecule has 4 rings (SSSR count). The molecule has 2 nitrogen and oxygen atoms in total. The topological polar surface area (TPSA) is 25.8 Å². The van der Waals surface area contributed by atoms with Crippen LogP contribution in [0.15, 0.2) is 42.6 Å². The molecule has 16 heavy (non-hydrogen) atoms. The second-order valence-electron chi connectivity index (χ2n) is 3.95. The summed E-state index contributed by atoms with van der Waals surface area (Å²) < 4.78 is 0. The lowest BCUT2D eigenvalue weighted by Crippen LogP contribution is -1.87. The number of rotatable bonds is 0. The van der Waals surface area contributed by atoms with Crippen LogP contribution in [0.4, 0.5) is 0 Å². The van der Waals surface area contributed by atoms with E-state index in [-0.39, 0.29) is 0 Å². The molecule has 0 saturated heterocycles. The third kappa shape index (κ3) is 0.865. The Bertz CT molecular complexity index is 675. The zero-order valence-electron chi connectivity index (χ0n) is 8.44. The Morgan fingerprint density at radius 1 is 0.875 bits per heavy atom. The Kier molecular flexibility index (Phi) is 1.33. The van der Waals surface area contributed by atoms with Gasteiger partial charge in [0.2, 0.25) is 0 Å². The fraction of sp³-hybridized carbons (Fsp3) is 0. The maximum atomic E-state index is 4.17. The minimum Gasteiger partial charge on any atom is -0.158 e. The Hall–Kier alpha value is -2.22. The summed E-state index contributed by atoms with van der Waals surface area (Å²) in [6, 6.07) is 15.6. The molecule has 0 amide bonds. The van der Waals surface area contributed by atoms with Crippen molar-refractivity contribution in [3.63, 3.8) is 0 Å². The van der Waals surface area contributed by atoms with Gasteiger partial charge in [-0.15, -0.1) is 0 Å². The first kappa shape index (κ1) is 7.99. The molecule has 0 N–H and O–H groups in total. The Balaban J connectivity index is 2.51. The van der Waals surface area contributed by atoms with Crippen molar-refractivity contribution < 1.29 is 0 Å². The van der Waals surface area contributed by atoms with Crippen molar-refractivity contribution in [1.82, 2.24) is 10.2 Å². The van der Waals surface area contributed by atoms with Gasteiger partial charge in [-0.2, -0.15) is 10.2 Å². The van der Waals surface area contributed by atoms with Gasteiger partial charge in [0.05, 0.1) is 11.7 Å². The van der Waals surface area contributed by atoms with Gasteiger partial charge in [-0.3, -0.25) is 0 Å².